The normalized spacial score (nSPS) is 11.6. The monoisotopic (exact) mass is 187 g/mol. The van der Waals surface area contributed by atoms with Crippen molar-refractivity contribution in [3.8, 4) is 0 Å². The number of imide groups is 1. The summed E-state index contributed by atoms with van der Waals surface area (Å²) in [5.41, 5.74) is 0. The van der Waals surface area contributed by atoms with Crippen LogP contribution < -0.4 is 5.32 Å². The summed E-state index contributed by atoms with van der Waals surface area (Å²) in [5.74, 6) is -1.58. The molecule has 1 N–H and O–H groups in total. The summed E-state index contributed by atoms with van der Waals surface area (Å²) >= 11 is 0. The quantitative estimate of drug-likeness (QED) is 0.631. The van der Waals surface area contributed by atoms with E-state index in [0.717, 1.165) is 0 Å². The van der Waals surface area contributed by atoms with Crippen LogP contribution in [0.4, 0.5) is 0 Å². The van der Waals surface area contributed by atoms with E-state index in [1.165, 1.54) is 13.8 Å². The summed E-state index contributed by atoms with van der Waals surface area (Å²) < 4.78 is 4.66. The summed E-state index contributed by atoms with van der Waals surface area (Å²) in [5, 5.41) is 2.04. The molecule has 0 aromatic rings. The molecule has 0 aliphatic heterocycles. The van der Waals surface area contributed by atoms with Crippen LogP contribution in [0, 0.1) is 0 Å². The Balaban J connectivity index is 4.15. The lowest BCUT2D eigenvalue weighted by Gasteiger charge is -2.12. The highest BCUT2D eigenvalue weighted by Crippen LogP contribution is 1.98. The van der Waals surface area contributed by atoms with Crippen LogP contribution in [-0.4, -0.2) is 23.9 Å². The number of carbonyl (C=O) groups excluding carboxylic acids is 3. The minimum absolute atomic E-state index is 0.346. The molecule has 5 nitrogen and oxygen atoms in total. The third kappa shape index (κ3) is 4.95. The van der Waals surface area contributed by atoms with Crippen LogP contribution in [0.3, 0.4) is 0 Å². The van der Waals surface area contributed by atoms with Gasteiger partial charge in [-0.3, -0.25) is 19.7 Å². The van der Waals surface area contributed by atoms with Gasteiger partial charge in [-0.15, -0.1) is 0 Å². The number of hydrogen-bond donors (Lipinski definition) is 1. The summed E-state index contributed by atoms with van der Waals surface area (Å²) in [6.45, 7) is 4.12. The number of hydrogen-bond acceptors (Lipinski definition) is 4. The number of esters is 1. The van der Waals surface area contributed by atoms with Gasteiger partial charge in [0.2, 0.25) is 5.91 Å². The highest BCUT2D eigenvalue weighted by atomic mass is 16.5. The zero-order valence-electron chi connectivity index (χ0n) is 7.92. The molecule has 0 aromatic carbocycles. The van der Waals surface area contributed by atoms with Crippen molar-refractivity contribution < 1.29 is 19.1 Å². The topological polar surface area (TPSA) is 72.5 Å². The summed E-state index contributed by atoms with van der Waals surface area (Å²) in [6, 6.07) is 0. The van der Waals surface area contributed by atoms with Crippen LogP contribution >= 0.6 is 0 Å². The summed E-state index contributed by atoms with van der Waals surface area (Å²) in [7, 11) is 0. The van der Waals surface area contributed by atoms with E-state index >= 15 is 0 Å². The number of ether oxygens (including phenoxy) is 1. The minimum Gasteiger partial charge on any atom is -0.452 e. The Morgan fingerprint density at radius 2 is 1.85 bits per heavy atom. The van der Waals surface area contributed by atoms with E-state index in [4.69, 9.17) is 0 Å². The standard InChI is InChI=1S/C8H13NO4/c1-4-7(13-6(3)11)8(12)9-5(2)10/h7H,4H2,1-3H3,(H,9,10,12)/t7-/m0/s1. The van der Waals surface area contributed by atoms with Gasteiger partial charge >= 0.3 is 5.97 Å². The number of carbonyl (C=O) groups is 3. The first-order valence-corrected chi connectivity index (χ1v) is 3.96. The zero-order valence-corrected chi connectivity index (χ0v) is 7.92. The van der Waals surface area contributed by atoms with Crippen LogP contribution in [0.2, 0.25) is 0 Å². The fourth-order valence-corrected chi connectivity index (χ4v) is 0.777. The molecular weight excluding hydrogens is 174 g/mol. The molecule has 0 radical (unpaired) electrons. The summed E-state index contributed by atoms with van der Waals surface area (Å²) in [4.78, 5) is 32.1. The Morgan fingerprint density at radius 3 is 2.15 bits per heavy atom. The second-order valence-electron chi connectivity index (χ2n) is 2.55. The van der Waals surface area contributed by atoms with Crippen molar-refractivity contribution in [3.05, 3.63) is 0 Å². The van der Waals surface area contributed by atoms with Crippen molar-refractivity contribution in [2.75, 3.05) is 0 Å². The largest absolute Gasteiger partial charge is 0.452 e. The average Bonchev–Trinajstić information content (AvgIpc) is 1.98. The maximum Gasteiger partial charge on any atom is 0.303 e. The fourth-order valence-electron chi connectivity index (χ4n) is 0.777. The van der Waals surface area contributed by atoms with E-state index in [1.807, 2.05) is 5.32 Å². The molecule has 2 amide bonds. The van der Waals surface area contributed by atoms with Crippen LogP contribution in [0.5, 0.6) is 0 Å². The molecular formula is C8H13NO4. The first kappa shape index (κ1) is 11.6. The molecule has 0 aliphatic rings. The molecule has 74 valence electrons. The lowest BCUT2D eigenvalue weighted by Crippen LogP contribution is -2.39. The molecule has 0 heterocycles. The molecule has 0 saturated heterocycles. The van der Waals surface area contributed by atoms with Gasteiger partial charge in [0.15, 0.2) is 6.10 Å². The van der Waals surface area contributed by atoms with E-state index in [0.29, 0.717) is 6.42 Å². The molecule has 0 fully saturated rings. The summed E-state index contributed by atoms with van der Waals surface area (Å²) in [6.07, 6.45) is -0.528. The first-order chi connectivity index (χ1) is 5.97. The number of amides is 2. The molecule has 0 aromatic heterocycles. The van der Waals surface area contributed by atoms with Crippen molar-refractivity contribution in [2.24, 2.45) is 0 Å². The maximum absolute atomic E-state index is 11.1. The van der Waals surface area contributed by atoms with Crippen molar-refractivity contribution in [1.29, 1.82) is 0 Å². The molecule has 0 rings (SSSR count). The van der Waals surface area contributed by atoms with Crippen molar-refractivity contribution in [1.82, 2.24) is 5.32 Å². The van der Waals surface area contributed by atoms with Gasteiger partial charge in [-0.1, -0.05) is 6.92 Å². The Hall–Kier alpha value is -1.39. The molecule has 0 unspecified atom stereocenters. The molecule has 13 heavy (non-hydrogen) atoms. The molecule has 1 atom stereocenters. The van der Waals surface area contributed by atoms with E-state index < -0.39 is 23.9 Å². The predicted molar refractivity (Wildman–Crippen MR) is 44.7 cm³/mol. The second kappa shape index (κ2) is 5.29. The van der Waals surface area contributed by atoms with Gasteiger partial charge in [-0.2, -0.15) is 0 Å². The SMILES string of the molecule is CC[C@H](OC(C)=O)C(=O)NC(C)=O. The van der Waals surface area contributed by atoms with E-state index in [1.54, 1.807) is 6.92 Å². The number of nitrogens with one attached hydrogen (secondary N) is 1. The van der Waals surface area contributed by atoms with Crippen LogP contribution in [0.1, 0.15) is 27.2 Å². The van der Waals surface area contributed by atoms with Crippen LogP contribution in [-0.2, 0) is 19.1 Å². The van der Waals surface area contributed by atoms with Gasteiger partial charge in [-0.25, -0.2) is 0 Å². The van der Waals surface area contributed by atoms with Gasteiger partial charge in [0, 0.05) is 13.8 Å². The smallest absolute Gasteiger partial charge is 0.303 e. The Kier molecular flexibility index (Phi) is 4.72. The van der Waals surface area contributed by atoms with Crippen molar-refractivity contribution in [3.63, 3.8) is 0 Å². The van der Waals surface area contributed by atoms with E-state index in [2.05, 4.69) is 4.74 Å². The molecule has 0 saturated carbocycles. The average molecular weight is 187 g/mol. The molecule has 0 aliphatic carbocycles. The molecule has 5 heteroatoms. The Bertz CT molecular complexity index is 224. The third-order valence-corrected chi connectivity index (χ3v) is 1.27. The zero-order chi connectivity index (χ0) is 10.4. The first-order valence-electron chi connectivity index (χ1n) is 3.96. The van der Waals surface area contributed by atoms with Gasteiger partial charge in [0.25, 0.3) is 5.91 Å². The fraction of sp³-hybridized carbons (Fsp3) is 0.625. The highest BCUT2D eigenvalue weighted by molar-refractivity contribution is 5.96. The minimum atomic E-state index is -0.874. The van der Waals surface area contributed by atoms with Gasteiger partial charge in [-0.05, 0) is 6.42 Å². The van der Waals surface area contributed by atoms with Crippen LogP contribution in [0.15, 0.2) is 0 Å². The van der Waals surface area contributed by atoms with Gasteiger partial charge < -0.3 is 4.74 Å². The van der Waals surface area contributed by atoms with Gasteiger partial charge in [0.05, 0.1) is 0 Å². The number of rotatable bonds is 3. The van der Waals surface area contributed by atoms with Gasteiger partial charge in [0.1, 0.15) is 0 Å². The second-order valence-corrected chi connectivity index (χ2v) is 2.55. The van der Waals surface area contributed by atoms with E-state index in [9.17, 15) is 14.4 Å². The Labute approximate surface area is 76.4 Å². The van der Waals surface area contributed by atoms with Crippen LogP contribution in [0.25, 0.3) is 0 Å². The lowest BCUT2D eigenvalue weighted by atomic mass is 10.2. The Morgan fingerprint density at radius 1 is 1.31 bits per heavy atom. The predicted octanol–water partition coefficient (Wildman–Crippen LogP) is -0.00920. The van der Waals surface area contributed by atoms with E-state index in [-0.39, 0.29) is 0 Å². The lowest BCUT2D eigenvalue weighted by molar-refractivity contribution is -0.155. The third-order valence-electron chi connectivity index (χ3n) is 1.27. The van der Waals surface area contributed by atoms with Crippen molar-refractivity contribution in [2.45, 2.75) is 33.3 Å². The molecule has 0 bridgehead atoms. The highest BCUT2D eigenvalue weighted by Gasteiger charge is 2.19. The molecule has 0 spiro atoms. The maximum atomic E-state index is 11.1. The van der Waals surface area contributed by atoms with Crippen molar-refractivity contribution >= 4 is 17.8 Å².